The van der Waals surface area contributed by atoms with Gasteiger partial charge in [-0.05, 0) is 73.4 Å². The fourth-order valence-electron chi connectivity index (χ4n) is 3.82. The first-order valence-corrected chi connectivity index (χ1v) is 12.1. The van der Waals surface area contributed by atoms with E-state index in [0.29, 0.717) is 5.69 Å². The number of anilines is 1. The maximum atomic E-state index is 12.7. The summed E-state index contributed by atoms with van der Waals surface area (Å²) in [6.45, 7) is 3.74. The minimum absolute atomic E-state index is 0.182. The van der Waals surface area contributed by atoms with Crippen molar-refractivity contribution in [2.24, 2.45) is 0 Å². The van der Waals surface area contributed by atoms with Gasteiger partial charge in [0.2, 0.25) is 15.9 Å². The number of nitrogens with one attached hydrogen (secondary N) is 1. The Balaban J connectivity index is 1.71. The second kappa shape index (κ2) is 8.99. The first-order valence-electron chi connectivity index (χ1n) is 10.3. The van der Waals surface area contributed by atoms with Gasteiger partial charge in [0.05, 0.1) is 18.0 Å². The van der Waals surface area contributed by atoms with Crippen LogP contribution in [-0.2, 0) is 34.1 Å². The van der Waals surface area contributed by atoms with Gasteiger partial charge in [-0.1, -0.05) is 37.3 Å². The monoisotopic (exact) mass is 414 g/mol. The molecule has 0 saturated carbocycles. The lowest BCUT2D eigenvalue weighted by molar-refractivity contribution is -0.120. The summed E-state index contributed by atoms with van der Waals surface area (Å²) < 4.78 is 25.7. The number of sulfonamides is 1. The highest BCUT2D eigenvalue weighted by molar-refractivity contribution is 7.92. The molecular weight excluding hydrogens is 384 g/mol. The van der Waals surface area contributed by atoms with Gasteiger partial charge in [-0.25, -0.2) is 8.42 Å². The van der Waals surface area contributed by atoms with Gasteiger partial charge in [-0.15, -0.1) is 0 Å². The molecule has 2 aromatic carbocycles. The van der Waals surface area contributed by atoms with Crippen molar-refractivity contribution in [2.45, 2.75) is 52.0 Å². The first-order chi connectivity index (χ1) is 13.8. The van der Waals surface area contributed by atoms with Crippen molar-refractivity contribution in [1.82, 2.24) is 5.32 Å². The van der Waals surface area contributed by atoms with Gasteiger partial charge in [-0.2, -0.15) is 0 Å². The smallest absolute Gasteiger partial charge is 0.241 e. The number of hydrogen-bond donors (Lipinski definition) is 1. The van der Waals surface area contributed by atoms with Gasteiger partial charge >= 0.3 is 0 Å². The molecule has 2 aromatic rings. The fraction of sp³-hybridized carbons (Fsp3) is 0.435. The molecule has 0 aromatic heterocycles. The Morgan fingerprint density at radius 1 is 1.07 bits per heavy atom. The van der Waals surface area contributed by atoms with Crippen LogP contribution in [0, 0.1) is 0 Å². The Kier molecular flexibility index (Phi) is 6.63. The molecule has 1 N–H and O–H groups in total. The van der Waals surface area contributed by atoms with Crippen LogP contribution < -0.4 is 9.62 Å². The van der Waals surface area contributed by atoms with E-state index in [2.05, 4.69) is 23.5 Å². The lowest BCUT2D eigenvalue weighted by Gasteiger charge is -2.24. The van der Waals surface area contributed by atoms with Crippen LogP contribution in [0.3, 0.4) is 0 Å². The van der Waals surface area contributed by atoms with Crippen LogP contribution in [0.25, 0.3) is 0 Å². The summed E-state index contributed by atoms with van der Waals surface area (Å²) >= 11 is 0. The normalized spacial score (nSPS) is 14.7. The zero-order chi connectivity index (χ0) is 21.0. The molecule has 0 aliphatic heterocycles. The van der Waals surface area contributed by atoms with Crippen molar-refractivity contribution < 1.29 is 13.2 Å². The van der Waals surface area contributed by atoms with Crippen molar-refractivity contribution in [1.29, 1.82) is 0 Å². The average Bonchev–Trinajstić information content (AvgIpc) is 2.71. The minimum Gasteiger partial charge on any atom is -0.348 e. The summed E-state index contributed by atoms with van der Waals surface area (Å²) in [6.07, 6.45) is 6.64. The SMILES string of the molecule is CCc1ccc(N(CC(=O)NC(C)c2ccc3c(c2)CCCC3)S(C)(=O)=O)cc1. The number of rotatable bonds is 7. The lowest BCUT2D eigenvalue weighted by atomic mass is 9.89. The van der Waals surface area contributed by atoms with E-state index in [9.17, 15) is 13.2 Å². The number of fused-ring (bicyclic) bond motifs is 1. The highest BCUT2D eigenvalue weighted by atomic mass is 32.2. The summed E-state index contributed by atoms with van der Waals surface area (Å²) in [7, 11) is -3.57. The average molecular weight is 415 g/mol. The molecule has 1 atom stereocenters. The van der Waals surface area contributed by atoms with Gasteiger partial charge in [-0.3, -0.25) is 9.10 Å². The van der Waals surface area contributed by atoms with E-state index >= 15 is 0 Å². The molecule has 1 unspecified atom stereocenters. The van der Waals surface area contributed by atoms with Gasteiger partial charge in [0.15, 0.2) is 0 Å². The topological polar surface area (TPSA) is 66.5 Å². The number of carbonyl (C=O) groups is 1. The Hall–Kier alpha value is -2.34. The largest absolute Gasteiger partial charge is 0.348 e. The molecule has 5 nitrogen and oxygen atoms in total. The van der Waals surface area contributed by atoms with Crippen LogP contribution in [0.2, 0.25) is 0 Å². The fourth-order valence-corrected chi connectivity index (χ4v) is 4.68. The summed E-state index contributed by atoms with van der Waals surface area (Å²) in [5.74, 6) is -0.319. The van der Waals surface area contributed by atoms with Crippen LogP contribution in [0.1, 0.15) is 55.0 Å². The van der Waals surface area contributed by atoms with Crippen molar-refractivity contribution in [3.05, 3.63) is 64.7 Å². The number of nitrogens with zero attached hydrogens (tertiary/aromatic N) is 1. The van der Waals surface area contributed by atoms with Crippen LogP contribution in [0.15, 0.2) is 42.5 Å². The molecule has 0 radical (unpaired) electrons. The molecule has 0 heterocycles. The lowest BCUT2D eigenvalue weighted by Crippen LogP contribution is -2.41. The predicted molar refractivity (Wildman–Crippen MR) is 118 cm³/mol. The number of benzene rings is 2. The van der Waals surface area contributed by atoms with Gasteiger partial charge in [0, 0.05) is 0 Å². The zero-order valence-corrected chi connectivity index (χ0v) is 18.3. The standard InChI is InChI=1S/C23H30N2O3S/c1-4-18-9-13-22(14-10-18)25(29(3,27)28)16-23(26)24-17(2)20-12-11-19-7-5-6-8-21(19)15-20/h9-15,17H,4-8,16H2,1-3H3,(H,24,26). The molecule has 0 fully saturated rings. The third kappa shape index (κ3) is 5.38. The minimum atomic E-state index is -3.57. The maximum Gasteiger partial charge on any atom is 0.241 e. The van der Waals surface area contributed by atoms with Crippen molar-refractivity contribution >= 4 is 21.6 Å². The summed E-state index contributed by atoms with van der Waals surface area (Å²) in [4.78, 5) is 12.7. The third-order valence-corrected chi connectivity index (χ3v) is 6.71. The van der Waals surface area contributed by atoms with E-state index in [1.165, 1.54) is 24.0 Å². The molecule has 1 amide bonds. The molecule has 1 aliphatic carbocycles. The highest BCUT2D eigenvalue weighted by Crippen LogP contribution is 2.25. The van der Waals surface area contributed by atoms with E-state index in [0.717, 1.165) is 41.0 Å². The second-order valence-corrected chi connectivity index (χ2v) is 9.72. The van der Waals surface area contributed by atoms with E-state index in [1.807, 2.05) is 26.0 Å². The maximum absolute atomic E-state index is 12.7. The van der Waals surface area contributed by atoms with E-state index in [4.69, 9.17) is 0 Å². The van der Waals surface area contributed by atoms with Crippen LogP contribution in [-0.4, -0.2) is 27.1 Å². The van der Waals surface area contributed by atoms with Crippen LogP contribution >= 0.6 is 0 Å². The Morgan fingerprint density at radius 2 is 1.72 bits per heavy atom. The van der Waals surface area contributed by atoms with E-state index < -0.39 is 10.0 Å². The number of aryl methyl sites for hydroxylation is 3. The van der Waals surface area contributed by atoms with Crippen molar-refractivity contribution in [3.63, 3.8) is 0 Å². The van der Waals surface area contributed by atoms with E-state index in [-0.39, 0.29) is 18.5 Å². The molecule has 29 heavy (non-hydrogen) atoms. The van der Waals surface area contributed by atoms with Gasteiger partial charge in [0.25, 0.3) is 0 Å². The predicted octanol–water partition coefficient (Wildman–Crippen LogP) is 3.77. The van der Waals surface area contributed by atoms with Crippen molar-refractivity contribution in [2.75, 3.05) is 17.1 Å². The second-order valence-electron chi connectivity index (χ2n) is 7.81. The van der Waals surface area contributed by atoms with Crippen LogP contribution in [0.5, 0.6) is 0 Å². The highest BCUT2D eigenvalue weighted by Gasteiger charge is 2.22. The molecule has 0 spiro atoms. The Bertz CT molecular complexity index is 968. The summed E-state index contributed by atoms with van der Waals surface area (Å²) in [5, 5.41) is 2.95. The molecule has 1 aliphatic rings. The molecule has 0 bridgehead atoms. The van der Waals surface area contributed by atoms with Crippen molar-refractivity contribution in [3.8, 4) is 0 Å². The molecule has 3 rings (SSSR count). The number of amides is 1. The third-order valence-electron chi connectivity index (χ3n) is 5.57. The summed E-state index contributed by atoms with van der Waals surface area (Å²) in [6, 6.07) is 13.5. The summed E-state index contributed by atoms with van der Waals surface area (Å²) in [5.41, 5.74) is 5.44. The number of hydrogen-bond acceptors (Lipinski definition) is 3. The van der Waals surface area contributed by atoms with Gasteiger partial charge in [0.1, 0.15) is 6.54 Å². The first kappa shape index (κ1) is 21.4. The molecular formula is C23H30N2O3S. The quantitative estimate of drug-likeness (QED) is 0.750. The van der Waals surface area contributed by atoms with E-state index in [1.54, 1.807) is 12.1 Å². The number of carbonyl (C=O) groups excluding carboxylic acids is 1. The van der Waals surface area contributed by atoms with Crippen LogP contribution in [0.4, 0.5) is 5.69 Å². The van der Waals surface area contributed by atoms with Gasteiger partial charge < -0.3 is 5.32 Å². The molecule has 6 heteroatoms. The zero-order valence-electron chi connectivity index (χ0n) is 17.4. The Morgan fingerprint density at radius 3 is 2.34 bits per heavy atom. The molecule has 156 valence electrons. The Labute approximate surface area is 174 Å². The molecule has 0 saturated heterocycles.